The second-order valence-electron chi connectivity index (χ2n) is 7.76. The number of halogens is 1. The first-order chi connectivity index (χ1) is 15.8. The van der Waals surface area contributed by atoms with Gasteiger partial charge in [0.05, 0.1) is 6.61 Å². The maximum atomic E-state index is 12.5. The zero-order valence-corrected chi connectivity index (χ0v) is 19.9. The molecule has 10 heteroatoms. The Bertz CT molecular complexity index is 1140. The third-order valence-corrected chi connectivity index (χ3v) is 7.40. The van der Waals surface area contributed by atoms with E-state index in [2.05, 4.69) is 4.72 Å². The number of nitrogens with zero attached hydrogens (tertiary/aromatic N) is 1. The molecular weight excluding hydrogens is 468 g/mol. The SMILES string of the molecule is CNS(=O)(=O)c1cc(-c2ccc(Cl)c(CCN(CCCCC=O)C(=O)O)c2)cc2c1OCC2. The summed E-state index contributed by atoms with van der Waals surface area (Å²) in [4.78, 5) is 23.4. The van der Waals surface area contributed by atoms with Gasteiger partial charge in [0.15, 0.2) is 0 Å². The number of benzene rings is 2. The quantitative estimate of drug-likeness (QED) is 0.363. The Balaban J connectivity index is 1.85. The topological polar surface area (TPSA) is 113 Å². The summed E-state index contributed by atoms with van der Waals surface area (Å²) in [7, 11) is -2.35. The van der Waals surface area contributed by atoms with Crippen LogP contribution < -0.4 is 9.46 Å². The highest BCUT2D eigenvalue weighted by molar-refractivity contribution is 7.89. The third kappa shape index (κ3) is 6.04. The fourth-order valence-corrected chi connectivity index (χ4v) is 4.93. The second-order valence-corrected chi connectivity index (χ2v) is 10.0. The summed E-state index contributed by atoms with van der Waals surface area (Å²) >= 11 is 6.38. The van der Waals surface area contributed by atoms with Crippen LogP contribution in [0.25, 0.3) is 11.1 Å². The number of carbonyl (C=O) groups is 2. The van der Waals surface area contributed by atoms with E-state index in [-0.39, 0.29) is 11.4 Å². The van der Waals surface area contributed by atoms with E-state index < -0.39 is 16.1 Å². The van der Waals surface area contributed by atoms with Gasteiger partial charge in [0.2, 0.25) is 10.0 Å². The molecule has 0 aliphatic carbocycles. The first-order valence-corrected chi connectivity index (χ1v) is 12.6. The molecule has 3 rings (SSSR count). The normalized spacial score (nSPS) is 12.8. The van der Waals surface area contributed by atoms with E-state index in [1.54, 1.807) is 12.1 Å². The molecule has 0 atom stereocenters. The van der Waals surface area contributed by atoms with Crippen molar-refractivity contribution in [2.24, 2.45) is 0 Å². The van der Waals surface area contributed by atoms with Gasteiger partial charge in [-0.15, -0.1) is 0 Å². The molecule has 0 radical (unpaired) electrons. The van der Waals surface area contributed by atoms with Gasteiger partial charge in [-0.2, -0.15) is 0 Å². The number of sulfonamides is 1. The van der Waals surface area contributed by atoms with Crippen molar-refractivity contribution in [3.05, 3.63) is 46.5 Å². The fourth-order valence-electron chi connectivity index (χ4n) is 3.78. The zero-order chi connectivity index (χ0) is 24.0. The Morgan fingerprint density at radius 2 is 2.00 bits per heavy atom. The van der Waals surface area contributed by atoms with E-state index in [1.165, 1.54) is 11.9 Å². The lowest BCUT2D eigenvalue weighted by Gasteiger charge is -2.19. The Hall–Kier alpha value is -2.62. The van der Waals surface area contributed by atoms with Crippen LogP contribution in [0.5, 0.6) is 5.75 Å². The number of ether oxygens (including phenoxy) is 1. The summed E-state index contributed by atoms with van der Waals surface area (Å²) in [6.07, 6.45) is 2.50. The fraction of sp³-hybridized carbons (Fsp3) is 0.391. The van der Waals surface area contributed by atoms with Crippen LogP contribution in [0.2, 0.25) is 5.02 Å². The van der Waals surface area contributed by atoms with Gasteiger partial charge >= 0.3 is 6.09 Å². The molecule has 2 N–H and O–H groups in total. The molecule has 0 saturated heterocycles. The van der Waals surface area contributed by atoms with Crippen LogP contribution >= 0.6 is 11.6 Å². The van der Waals surface area contributed by atoms with E-state index in [9.17, 15) is 23.1 Å². The highest BCUT2D eigenvalue weighted by atomic mass is 35.5. The minimum Gasteiger partial charge on any atom is -0.492 e. The predicted octanol–water partition coefficient (Wildman–Crippen LogP) is 3.74. The van der Waals surface area contributed by atoms with Crippen LogP contribution in [-0.4, -0.2) is 57.5 Å². The van der Waals surface area contributed by atoms with E-state index in [0.29, 0.717) is 56.0 Å². The minimum atomic E-state index is -3.71. The maximum Gasteiger partial charge on any atom is 0.407 e. The monoisotopic (exact) mass is 494 g/mol. The second kappa shape index (κ2) is 11.0. The molecule has 1 aliphatic rings. The van der Waals surface area contributed by atoms with Gasteiger partial charge in [0.1, 0.15) is 16.9 Å². The summed E-state index contributed by atoms with van der Waals surface area (Å²) < 4.78 is 33.0. The number of rotatable bonds is 11. The summed E-state index contributed by atoms with van der Waals surface area (Å²) in [5.41, 5.74) is 3.09. The van der Waals surface area contributed by atoms with E-state index in [0.717, 1.165) is 28.5 Å². The lowest BCUT2D eigenvalue weighted by Crippen LogP contribution is -2.32. The molecular formula is C23H27ClN2O6S. The van der Waals surface area contributed by atoms with Crippen LogP contribution in [0.4, 0.5) is 4.79 Å². The molecule has 178 valence electrons. The standard InChI is InChI=1S/C23H27ClN2O6S/c1-25-33(30,31)21-15-19(14-18-8-12-32-22(18)21)16-5-6-20(24)17(13-16)7-10-26(23(28)29)9-3-2-4-11-27/h5-6,11,13-15,25H,2-4,7-10,12H2,1H3,(H,28,29). The molecule has 2 aromatic rings. The van der Waals surface area contributed by atoms with Gasteiger partial charge in [-0.25, -0.2) is 17.9 Å². The largest absolute Gasteiger partial charge is 0.492 e. The van der Waals surface area contributed by atoms with E-state index in [1.807, 2.05) is 18.2 Å². The Morgan fingerprint density at radius 3 is 2.70 bits per heavy atom. The first kappa shape index (κ1) is 25.0. The van der Waals surface area contributed by atoms with Crippen LogP contribution in [0.1, 0.15) is 30.4 Å². The third-order valence-electron chi connectivity index (χ3n) is 5.61. The smallest absolute Gasteiger partial charge is 0.407 e. The lowest BCUT2D eigenvalue weighted by atomic mass is 9.99. The molecule has 1 amide bonds. The van der Waals surface area contributed by atoms with Crippen molar-refractivity contribution in [2.75, 3.05) is 26.7 Å². The molecule has 0 bridgehead atoms. The summed E-state index contributed by atoms with van der Waals surface area (Å²) in [5.74, 6) is 0.383. The number of nitrogens with one attached hydrogen (secondary N) is 1. The molecule has 8 nitrogen and oxygen atoms in total. The van der Waals surface area contributed by atoms with E-state index in [4.69, 9.17) is 16.3 Å². The number of hydrogen-bond donors (Lipinski definition) is 2. The Morgan fingerprint density at radius 1 is 1.21 bits per heavy atom. The average molecular weight is 495 g/mol. The van der Waals surface area contributed by atoms with Crippen molar-refractivity contribution in [1.82, 2.24) is 9.62 Å². The minimum absolute atomic E-state index is 0.0962. The molecule has 0 spiro atoms. The zero-order valence-electron chi connectivity index (χ0n) is 18.3. The number of carboxylic acid groups (broad SMARTS) is 1. The molecule has 33 heavy (non-hydrogen) atoms. The number of carbonyl (C=O) groups excluding carboxylic acids is 1. The Kier molecular flexibility index (Phi) is 8.34. The van der Waals surface area contributed by atoms with Crippen molar-refractivity contribution >= 4 is 34.0 Å². The number of amides is 1. The van der Waals surface area contributed by atoms with Crippen LogP contribution in [0.15, 0.2) is 35.2 Å². The molecule has 0 aromatic heterocycles. The van der Waals surface area contributed by atoms with Crippen LogP contribution in [0.3, 0.4) is 0 Å². The predicted molar refractivity (Wildman–Crippen MR) is 126 cm³/mol. The number of hydrogen-bond acceptors (Lipinski definition) is 5. The molecule has 0 unspecified atom stereocenters. The highest BCUT2D eigenvalue weighted by Crippen LogP contribution is 2.38. The van der Waals surface area contributed by atoms with Gasteiger partial charge in [0.25, 0.3) is 0 Å². The van der Waals surface area contributed by atoms with Gasteiger partial charge in [0, 0.05) is 31.0 Å². The van der Waals surface area contributed by atoms with Crippen molar-refractivity contribution < 1.29 is 27.9 Å². The molecule has 0 saturated carbocycles. The van der Waals surface area contributed by atoms with Crippen LogP contribution in [-0.2, 0) is 27.7 Å². The van der Waals surface area contributed by atoms with Crippen molar-refractivity contribution in [2.45, 2.75) is 37.0 Å². The van der Waals surface area contributed by atoms with Crippen molar-refractivity contribution in [3.8, 4) is 16.9 Å². The lowest BCUT2D eigenvalue weighted by molar-refractivity contribution is -0.107. The summed E-state index contributed by atoms with van der Waals surface area (Å²) in [5, 5.41) is 9.99. The number of fused-ring (bicyclic) bond motifs is 1. The van der Waals surface area contributed by atoms with Crippen LogP contribution in [0, 0.1) is 0 Å². The van der Waals surface area contributed by atoms with Gasteiger partial charge in [-0.3, -0.25) is 0 Å². The molecule has 1 heterocycles. The maximum absolute atomic E-state index is 12.5. The highest BCUT2D eigenvalue weighted by Gasteiger charge is 2.26. The van der Waals surface area contributed by atoms with Crippen molar-refractivity contribution in [3.63, 3.8) is 0 Å². The van der Waals surface area contributed by atoms with Gasteiger partial charge in [-0.05, 0) is 72.8 Å². The summed E-state index contributed by atoms with van der Waals surface area (Å²) in [6.45, 7) is 1.03. The number of aldehydes is 1. The first-order valence-electron chi connectivity index (χ1n) is 10.7. The number of unbranched alkanes of at least 4 members (excludes halogenated alkanes) is 2. The summed E-state index contributed by atoms with van der Waals surface area (Å²) in [6, 6.07) is 8.91. The van der Waals surface area contributed by atoms with Gasteiger partial charge < -0.3 is 19.5 Å². The molecule has 2 aromatic carbocycles. The Labute approximate surface area is 198 Å². The average Bonchev–Trinajstić information content (AvgIpc) is 3.27. The van der Waals surface area contributed by atoms with Crippen molar-refractivity contribution in [1.29, 1.82) is 0 Å². The van der Waals surface area contributed by atoms with E-state index >= 15 is 0 Å². The van der Waals surface area contributed by atoms with Gasteiger partial charge in [-0.1, -0.05) is 17.7 Å². The molecule has 0 fully saturated rings. The molecule has 1 aliphatic heterocycles.